The van der Waals surface area contributed by atoms with E-state index in [1.165, 1.54) is 0 Å². The van der Waals surface area contributed by atoms with Gasteiger partial charge < -0.3 is 14.9 Å². The number of halogens is 2. The molecular formula is C9H10F2N2O5. The first-order valence-electron chi connectivity index (χ1n) is 5.00. The Hall–Kier alpha value is -1.58. The van der Waals surface area contributed by atoms with Crippen LogP contribution in [0.4, 0.5) is 8.78 Å². The van der Waals surface area contributed by atoms with Gasteiger partial charge in [-0.2, -0.15) is 0 Å². The molecule has 7 nitrogen and oxygen atoms in total. The summed E-state index contributed by atoms with van der Waals surface area (Å²) < 4.78 is 32.5. The van der Waals surface area contributed by atoms with E-state index >= 15 is 0 Å². The van der Waals surface area contributed by atoms with Crippen LogP contribution in [0.25, 0.3) is 0 Å². The van der Waals surface area contributed by atoms with Gasteiger partial charge in [0, 0.05) is 12.3 Å². The van der Waals surface area contributed by atoms with Crippen LogP contribution in [0.2, 0.25) is 0 Å². The zero-order chi connectivity index (χ0) is 13.5. The van der Waals surface area contributed by atoms with Crippen LogP contribution in [0.1, 0.15) is 6.23 Å². The minimum Gasteiger partial charge on any atom is -0.390 e. The van der Waals surface area contributed by atoms with E-state index in [1.807, 2.05) is 4.98 Å². The molecule has 2 rings (SSSR count). The Balaban J connectivity index is 2.41. The molecule has 1 aliphatic heterocycles. The summed E-state index contributed by atoms with van der Waals surface area (Å²) in [5.41, 5.74) is -1.72. The van der Waals surface area contributed by atoms with E-state index in [0.29, 0.717) is 4.57 Å². The third kappa shape index (κ3) is 1.85. The molecule has 1 fully saturated rings. The summed E-state index contributed by atoms with van der Waals surface area (Å²) in [4.78, 5) is 24.0. The fraction of sp³-hybridized carbons (Fsp3) is 0.556. The molecule has 0 spiro atoms. The fourth-order valence-electron chi connectivity index (χ4n) is 1.70. The Bertz CT molecular complexity index is 558. The van der Waals surface area contributed by atoms with Gasteiger partial charge >= 0.3 is 5.69 Å². The largest absolute Gasteiger partial charge is 0.390 e. The van der Waals surface area contributed by atoms with Crippen molar-refractivity contribution in [3.8, 4) is 0 Å². The highest BCUT2D eigenvalue weighted by atomic mass is 19.2. The quantitative estimate of drug-likeness (QED) is 0.598. The maximum atomic E-state index is 13.7. The smallest absolute Gasteiger partial charge is 0.330 e. The van der Waals surface area contributed by atoms with Gasteiger partial charge in [-0.05, 0) is 0 Å². The number of nitrogens with one attached hydrogen (secondary N) is 1. The van der Waals surface area contributed by atoms with Crippen LogP contribution in [0.15, 0.2) is 21.9 Å². The third-order valence-corrected chi connectivity index (χ3v) is 2.67. The second-order valence-corrected chi connectivity index (χ2v) is 3.86. The predicted octanol–water partition coefficient (Wildman–Crippen LogP) is -1.58. The monoisotopic (exact) mass is 264 g/mol. The predicted molar refractivity (Wildman–Crippen MR) is 53.3 cm³/mol. The van der Waals surface area contributed by atoms with Crippen LogP contribution in [0, 0.1) is 0 Å². The highest BCUT2D eigenvalue weighted by molar-refractivity contribution is 4.96. The number of aromatic nitrogens is 2. The van der Waals surface area contributed by atoms with Gasteiger partial charge in [0.2, 0.25) is 0 Å². The average Bonchev–Trinajstić information content (AvgIpc) is 2.55. The Morgan fingerprint density at radius 3 is 2.72 bits per heavy atom. The normalized spacial score (nSPS) is 35.9. The summed E-state index contributed by atoms with van der Waals surface area (Å²) in [7, 11) is 0. The summed E-state index contributed by atoms with van der Waals surface area (Å²) in [5.74, 6) is -2.99. The van der Waals surface area contributed by atoms with Crippen LogP contribution < -0.4 is 11.2 Å². The van der Waals surface area contributed by atoms with E-state index in [4.69, 9.17) is 5.11 Å². The highest BCUT2D eigenvalue weighted by Crippen LogP contribution is 2.38. The molecule has 2 unspecified atom stereocenters. The van der Waals surface area contributed by atoms with Crippen molar-refractivity contribution in [2.75, 3.05) is 6.61 Å². The first-order valence-corrected chi connectivity index (χ1v) is 5.00. The van der Waals surface area contributed by atoms with Gasteiger partial charge in [0.25, 0.3) is 11.4 Å². The van der Waals surface area contributed by atoms with Crippen molar-refractivity contribution in [3.05, 3.63) is 33.1 Å². The van der Waals surface area contributed by atoms with Crippen LogP contribution in [-0.2, 0) is 4.74 Å². The lowest BCUT2D eigenvalue weighted by Gasteiger charge is -2.19. The number of hydrogen-bond acceptors (Lipinski definition) is 5. The number of aliphatic hydroxyl groups is 2. The number of alkyl halides is 2. The molecule has 1 aromatic heterocycles. The molecule has 1 saturated heterocycles. The van der Waals surface area contributed by atoms with Crippen LogP contribution in [-0.4, -0.2) is 44.5 Å². The van der Waals surface area contributed by atoms with Crippen molar-refractivity contribution in [2.24, 2.45) is 0 Å². The Labute approximate surface area is 98.3 Å². The molecule has 0 bridgehead atoms. The number of nitrogens with zero attached hydrogens (tertiary/aromatic N) is 1. The van der Waals surface area contributed by atoms with E-state index in [9.17, 15) is 23.5 Å². The minimum atomic E-state index is -2.99. The van der Waals surface area contributed by atoms with Gasteiger partial charge in [0.05, 0.1) is 0 Å². The van der Waals surface area contributed by atoms with Crippen molar-refractivity contribution in [1.29, 1.82) is 0 Å². The first kappa shape index (κ1) is 12.9. The van der Waals surface area contributed by atoms with Crippen LogP contribution in [0.3, 0.4) is 0 Å². The molecule has 1 aromatic rings. The van der Waals surface area contributed by atoms with Gasteiger partial charge in [0.1, 0.15) is 6.61 Å². The summed E-state index contributed by atoms with van der Waals surface area (Å²) in [5, 5.41) is 18.0. The summed E-state index contributed by atoms with van der Waals surface area (Å²) in [6.45, 7) is -1.26. The highest BCUT2D eigenvalue weighted by Gasteiger charge is 2.57. The Morgan fingerprint density at radius 2 is 2.22 bits per heavy atom. The minimum absolute atomic E-state index is 0.590. The molecule has 9 heteroatoms. The summed E-state index contributed by atoms with van der Waals surface area (Å²) >= 11 is 0. The summed E-state index contributed by atoms with van der Waals surface area (Å²) in [6.07, 6.45) is -5.34. The molecule has 4 atom stereocenters. The lowest BCUT2D eigenvalue weighted by molar-refractivity contribution is -0.207. The zero-order valence-electron chi connectivity index (χ0n) is 8.92. The van der Waals surface area contributed by atoms with Crippen molar-refractivity contribution in [2.45, 2.75) is 24.4 Å². The van der Waals surface area contributed by atoms with Gasteiger partial charge in [-0.15, -0.1) is 0 Å². The molecule has 0 saturated carbocycles. The molecule has 18 heavy (non-hydrogen) atoms. The number of H-pyrrole nitrogens is 1. The zero-order valence-corrected chi connectivity index (χ0v) is 8.92. The standard InChI is InChI=1S/C9H10F2N2O5/c10-5-6(16)9(11,3-14)18-7(5)13-2-1-4(15)12-8(13)17/h1-2,5-7,14,16H,3H2,(H,12,15,17)/t5?,6?,7-,9-/m0/s1. The van der Waals surface area contributed by atoms with Crippen LogP contribution >= 0.6 is 0 Å². The maximum Gasteiger partial charge on any atom is 0.330 e. The molecule has 100 valence electrons. The second kappa shape index (κ2) is 4.26. The topological polar surface area (TPSA) is 105 Å². The SMILES string of the molecule is O=c1ccn([C@H]2O[C@@](F)(CO)C(O)C2F)c(=O)[nH]1. The lowest BCUT2D eigenvalue weighted by atomic mass is 10.1. The second-order valence-electron chi connectivity index (χ2n) is 3.86. The van der Waals surface area contributed by atoms with E-state index in [0.717, 1.165) is 12.3 Å². The van der Waals surface area contributed by atoms with Gasteiger partial charge in [0.15, 0.2) is 18.5 Å². The van der Waals surface area contributed by atoms with E-state index in [2.05, 4.69) is 4.74 Å². The van der Waals surface area contributed by atoms with E-state index in [-0.39, 0.29) is 0 Å². The van der Waals surface area contributed by atoms with Gasteiger partial charge in [-0.3, -0.25) is 14.3 Å². The lowest BCUT2D eigenvalue weighted by Crippen LogP contribution is -2.41. The van der Waals surface area contributed by atoms with Crippen molar-refractivity contribution in [3.63, 3.8) is 0 Å². The number of rotatable bonds is 2. The molecule has 0 aliphatic carbocycles. The molecule has 2 heterocycles. The number of hydrogen-bond donors (Lipinski definition) is 3. The van der Waals surface area contributed by atoms with E-state index in [1.54, 1.807) is 0 Å². The number of ether oxygens (including phenoxy) is 1. The maximum absolute atomic E-state index is 13.7. The average molecular weight is 264 g/mol. The molecule has 1 aliphatic rings. The number of aromatic amines is 1. The first-order chi connectivity index (χ1) is 8.39. The van der Waals surface area contributed by atoms with Crippen molar-refractivity contribution >= 4 is 0 Å². The van der Waals surface area contributed by atoms with Crippen LogP contribution in [0.5, 0.6) is 0 Å². The van der Waals surface area contributed by atoms with Crippen molar-refractivity contribution < 1.29 is 23.7 Å². The number of aliphatic hydroxyl groups excluding tert-OH is 2. The van der Waals surface area contributed by atoms with E-state index < -0.39 is 42.2 Å². The molecule has 0 aromatic carbocycles. The van der Waals surface area contributed by atoms with Crippen molar-refractivity contribution in [1.82, 2.24) is 9.55 Å². The third-order valence-electron chi connectivity index (χ3n) is 2.67. The van der Waals surface area contributed by atoms with Gasteiger partial charge in [-0.25, -0.2) is 13.6 Å². The van der Waals surface area contributed by atoms with Gasteiger partial charge in [-0.1, -0.05) is 0 Å². The Morgan fingerprint density at radius 1 is 1.56 bits per heavy atom. The Kier molecular flexibility index (Phi) is 3.05. The molecular weight excluding hydrogens is 254 g/mol. The molecule has 0 amide bonds. The fourth-order valence-corrected chi connectivity index (χ4v) is 1.70. The molecule has 3 N–H and O–H groups in total. The molecule has 0 radical (unpaired) electrons. The summed E-state index contributed by atoms with van der Waals surface area (Å²) in [6, 6.07) is 0.918.